The summed E-state index contributed by atoms with van der Waals surface area (Å²) in [6, 6.07) is -0.0406. The van der Waals surface area contributed by atoms with Crippen LogP contribution in [0.2, 0.25) is 0 Å². The van der Waals surface area contributed by atoms with Gasteiger partial charge in [-0.05, 0) is 19.9 Å². The standard InChI is InChI=1S/C12H23NO4/c1-4-5-8-17-11(14)7-6-10(13-2)9-12(15)16-3/h10,13H,4-9H2,1-3H3. The van der Waals surface area contributed by atoms with Crippen molar-refractivity contribution >= 4 is 11.9 Å². The lowest BCUT2D eigenvalue weighted by Crippen LogP contribution is -2.29. The molecule has 0 bridgehead atoms. The third-order valence-electron chi connectivity index (χ3n) is 2.51. The molecule has 100 valence electrons. The number of esters is 2. The molecule has 0 saturated heterocycles. The molecule has 0 saturated carbocycles. The number of hydrogen-bond donors (Lipinski definition) is 1. The Balaban J connectivity index is 3.74. The Labute approximate surface area is 103 Å². The lowest BCUT2D eigenvalue weighted by Gasteiger charge is -2.14. The van der Waals surface area contributed by atoms with Crippen molar-refractivity contribution in [3.63, 3.8) is 0 Å². The van der Waals surface area contributed by atoms with E-state index in [9.17, 15) is 9.59 Å². The van der Waals surface area contributed by atoms with Crippen molar-refractivity contribution < 1.29 is 19.1 Å². The number of ether oxygens (including phenoxy) is 2. The minimum atomic E-state index is -0.274. The van der Waals surface area contributed by atoms with Crippen molar-refractivity contribution in [3.05, 3.63) is 0 Å². The van der Waals surface area contributed by atoms with Crippen molar-refractivity contribution in [2.75, 3.05) is 20.8 Å². The van der Waals surface area contributed by atoms with E-state index in [4.69, 9.17) is 4.74 Å². The van der Waals surface area contributed by atoms with Gasteiger partial charge < -0.3 is 14.8 Å². The fourth-order valence-electron chi connectivity index (χ4n) is 1.33. The quantitative estimate of drug-likeness (QED) is 0.489. The molecule has 0 heterocycles. The maximum atomic E-state index is 11.3. The molecule has 17 heavy (non-hydrogen) atoms. The molecule has 0 aromatic heterocycles. The minimum absolute atomic E-state index is 0.0406. The second-order valence-electron chi connectivity index (χ2n) is 3.88. The van der Waals surface area contributed by atoms with Gasteiger partial charge in [0.2, 0.25) is 0 Å². The van der Waals surface area contributed by atoms with Crippen LogP contribution in [0, 0.1) is 0 Å². The molecular weight excluding hydrogens is 222 g/mol. The van der Waals surface area contributed by atoms with Gasteiger partial charge in [-0.1, -0.05) is 13.3 Å². The number of carbonyl (C=O) groups is 2. The molecule has 0 aliphatic carbocycles. The molecule has 1 atom stereocenters. The van der Waals surface area contributed by atoms with Gasteiger partial charge in [0.1, 0.15) is 0 Å². The SMILES string of the molecule is CCCCOC(=O)CCC(CC(=O)OC)NC. The summed E-state index contributed by atoms with van der Waals surface area (Å²) in [5.41, 5.74) is 0. The summed E-state index contributed by atoms with van der Waals surface area (Å²) in [4.78, 5) is 22.4. The smallest absolute Gasteiger partial charge is 0.307 e. The summed E-state index contributed by atoms with van der Waals surface area (Å²) < 4.78 is 9.60. The molecular formula is C12H23NO4. The van der Waals surface area contributed by atoms with Crippen LogP contribution in [-0.2, 0) is 19.1 Å². The molecule has 0 aromatic carbocycles. The summed E-state index contributed by atoms with van der Waals surface area (Å²) >= 11 is 0. The molecule has 0 amide bonds. The van der Waals surface area contributed by atoms with Crippen molar-refractivity contribution in [1.29, 1.82) is 0 Å². The van der Waals surface area contributed by atoms with E-state index in [2.05, 4.69) is 10.1 Å². The van der Waals surface area contributed by atoms with Crippen LogP contribution in [0.15, 0.2) is 0 Å². The molecule has 1 unspecified atom stereocenters. The Morgan fingerprint density at radius 3 is 2.53 bits per heavy atom. The van der Waals surface area contributed by atoms with Gasteiger partial charge in [0.05, 0.1) is 20.1 Å². The van der Waals surface area contributed by atoms with Crippen LogP contribution < -0.4 is 5.32 Å². The van der Waals surface area contributed by atoms with Gasteiger partial charge in [0.25, 0.3) is 0 Å². The zero-order chi connectivity index (χ0) is 13.1. The third kappa shape index (κ3) is 8.68. The molecule has 0 aromatic rings. The number of rotatable bonds is 9. The average molecular weight is 245 g/mol. The average Bonchev–Trinajstić information content (AvgIpc) is 2.34. The van der Waals surface area contributed by atoms with Gasteiger partial charge >= 0.3 is 11.9 Å². The topological polar surface area (TPSA) is 64.6 Å². The van der Waals surface area contributed by atoms with Gasteiger partial charge in [0, 0.05) is 12.5 Å². The van der Waals surface area contributed by atoms with E-state index >= 15 is 0 Å². The molecule has 5 heteroatoms. The first kappa shape index (κ1) is 15.9. The molecule has 0 rings (SSSR count). The first-order valence-corrected chi connectivity index (χ1v) is 6.03. The van der Waals surface area contributed by atoms with Crippen LogP contribution in [0.25, 0.3) is 0 Å². The summed E-state index contributed by atoms with van der Waals surface area (Å²) in [6.45, 7) is 2.53. The molecule has 0 aliphatic heterocycles. The monoisotopic (exact) mass is 245 g/mol. The number of hydrogen-bond acceptors (Lipinski definition) is 5. The molecule has 0 fully saturated rings. The highest BCUT2D eigenvalue weighted by molar-refractivity contribution is 5.71. The number of carbonyl (C=O) groups excluding carboxylic acids is 2. The van der Waals surface area contributed by atoms with Crippen molar-refractivity contribution in [3.8, 4) is 0 Å². The Hall–Kier alpha value is -1.10. The number of methoxy groups -OCH3 is 1. The van der Waals surface area contributed by atoms with Crippen molar-refractivity contribution in [2.45, 2.75) is 45.1 Å². The van der Waals surface area contributed by atoms with E-state index in [1.54, 1.807) is 7.05 Å². The second-order valence-corrected chi connectivity index (χ2v) is 3.88. The summed E-state index contributed by atoms with van der Waals surface area (Å²) in [5, 5.41) is 2.98. The van der Waals surface area contributed by atoms with Gasteiger partial charge in [-0.2, -0.15) is 0 Å². The van der Waals surface area contributed by atoms with E-state index < -0.39 is 0 Å². The maximum Gasteiger partial charge on any atom is 0.307 e. The van der Waals surface area contributed by atoms with Crippen LogP contribution in [0.5, 0.6) is 0 Å². The predicted molar refractivity (Wildman–Crippen MR) is 64.6 cm³/mol. The lowest BCUT2D eigenvalue weighted by molar-refractivity contribution is -0.145. The zero-order valence-corrected chi connectivity index (χ0v) is 11.0. The normalized spacial score (nSPS) is 11.9. The zero-order valence-electron chi connectivity index (χ0n) is 11.0. The van der Waals surface area contributed by atoms with Gasteiger partial charge in [-0.25, -0.2) is 0 Å². The minimum Gasteiger partial charge on any atom is -0.469 e. The molecule has 1 N–H and O–H groups in total. The molecule has 0 aliphatic rings. The first-order chi connectivity index (χ1) is 8.13. The van der Waals surface area contributed by atoms with E-state index in [1.165, 1.54) is 7.11 Å². The fourth-order valence-corrected chi connectivity index (χ4v) is 1.33. The van der Waals surface area contributed by atoms with Gasteiger partial charge in [0.15, 0.2) is 0 Å². The summed E-state index contributed by atoms with van der Waals surface area (Å²) in [6.07, 6.45) is 3.08. The molecule has 0 spiro atoms. The molecule has 5 nitrogen and oxygen atoms in total. The van der Waals surface area contributed by atoms with E-state index in [0.717, 1.165) is 12.8 Å². The highest BCUT2D eigenvalue weighted by Gasteiger charge is 2.14. The Morgan fingerprint density at radius 2 is 2.00 bits per heavy atom. The van der Waals surface area contributed by atoms with Gasteiger partial charge in [-0.3, -0.25) is 9.59 Å². The Morgan fingerprint density at radius 1 is 1.29 bits per heavy atom. The van der Waals surface area contributed by atoms with Crippen LogP contribution >= 0.6 is 0 Å². The Kier molecular flexibility index (Phi) is 9.43. The third-order valence-corrected chi connectivity index (χ3v) is 2.51. The number of unbranched alkanes of at least 4 members (excludes halogenated alkanes) is 1. The van der Waals surface area contributed by atoms with E-state index in [-0.39, 0.29) is 24.4 Å². The fraction of sp³-hybridized carbons (Fsp3) is 0.833. The highest BCUT2D eigenvalue weighted by Crippen LogP contribution is 2.04. The van der Waals surface area contributed by atoms with E-state index in [1.807, 2.05) is 6.92 Å². The van der Waals surface area contributed by atoms with Crippen LogP contribution in [0.4, 0.5) is 0 Å². The first-order valence-electron chi connectivity index (χ1n) is 6.03. The molecule has 0 radical (unpaired) electrons. The van der Waals surface area contributed by atoms with E-state index in [0.29, 0.717) is 19.4 Å². The van der Waals surface area contributed by atoms with Gasteiger partial charge in [-0.15, -0.1) is 0 Å². The largest absolute Gasteiger partial charge is 0.469 e. The maximum absolute atomic E-state index is 11.3. The number of nitrogens with one attached hydrogen (secondary N) is 1. The predicted octanol–water partition coefficient (Wildman–Crippen LogP) is 1.26. The highest BCUT2D eigenvalue weighted by atomic mass is 16.5. The van der Waals surface area contributed by atoms with Crippen molar-refractivity contribution in [2.24, 2.45) is 0 Å². The Bertz CT molecular complexity index is 231. The van der Waals surface area contributed by atoms with Crippen LogP contribution in [-0.4, -0.2) is 38.7 Å². The summed E-state index contributed by atoms with van der Waals surface area (Å²) in [7, 11) is 3.12. The second kappa shape index (κ2) is 10.1. The van der Waals surface area contributed by atoms with Crippen molar-refractivity contribution in [1.82, 2.24) is 5.32 Å². The van der Waals surface area contributed by atoms with Crippen LogP contribution in [0.1, 0.15) is 39.0 Å². The lowest BCUT2D eigenvalue weighted by atomic mass is 10.1. The summed E-state index contributed by atoms with van der Waals surface area (Å²) in [5.74, 6) is -0.479. The van der Waals surface area contributed by atoms with Crippen LogP contribution in [0.3, 0.4) is 0 Å².